The van der Waals surface area contributed by atoms with Gasteiger partial charge >= 0.3 is 12.0 Å². The fraction of sp³-hybridized carbons (Fsp3) is 0.459. The first-order valence-electron chi connectivity index (χ1n) is 18.0. The third kappa shape index (κ3) is 5.44. The monoisotopic (exact) mass is 810 g/mol. The van der Waals surface area contributed by atoms with Crippen LogP contribution >= 0.6 is 34.5 Å². The van der Waals surface area contributed by atoms with E-state index in [1.807, 2.05) is 19.9 Å². The molecule has 4 saturated heterocycles. The number of thiophene rings is 1. The number of piperidine rings is 1. The summed E-state index contributed by atoms with van der Waals surface area (Å²) in [4.78, 5) is 32.8. The van der Waals surface area contributed by atoms with E-state index in [0.29, 0.717) is 43.8 Å². The van der Waals surface area contributed by atoms with Gasteiger partial charge in [0.2, 0.25) is 5.28 Å². The number of anilines is 2. The van der Waals surface area contributed by atoms with Gasteiger partial charge in [0, 0.05) is 59.9 Å². The van der Waals surface area contributed by atoms with E-state index in [4.69, 9.17) is 38.7 Å². The number of rotatable bonds is 5. The highest BCUT2D eigenvalue weighted by Crippen LogP contribution is 2.54. The SMILES string of the molecule is CC1(C)N(C(=O)n2cnc(Cl)n2)CC12CCCN(c1nc(OC[C@@]34CCCN3C[C@H](F)C4)nc3c(F)c(-c4ccc(F)c5sc(N)c(C#N)c45)c(Cl)cc13)C2. The molecular formula is C37H35Cl2F3N10O2S. The molecule has 12 nitrogen and oxygen atoms in total. The molecule has 5 aromatic rings. The van der Waals surface area contributed by atoms with Crippen LogP contribution in [0, 0.1) is 28.4 Å². The molecule has 1 unspecified atom stereocenters. The molecule has 18 heteroatoms. The quantitative estimate of drug-likeness (QED) is 0.190. The van der Waals surface area contributed by atoms with Gasteiger partial charge in [0.1, 0.15) is 47.3 Å². The maximum absolute atomic E-state index is 17.3. The number of hydrogen-bond acceptors (Lipinski definition) is 11. The molecular weight excluding hydrogens is 776 g/mol. The van der Waals surface area contributed by atoms with Crippen LogP contribution in [0.5, 0.6) is 6.01 Å². The molecule has 4 fully saturated rings. The zero-order valence-corrected chi connectivity index (χ0v) is 32.2. The van der Waals surface area contributed by atoms with Gasteiger partial charge in [0.15, 0.2) is 5.82 Å². The Morgan fingerprint density at radius 1 is 1.16 bits per heavy atom. The van der Waals surface area contributed by atoms with Crippen LogP contribution in [0.4, 0.5) is 28.8 Å². The van der Waals surface area contributed by atoms with E-state index >= 15 is 8.78 Å². The molecule has 2 aromatic carbocycles. The molecule has 3 aromatic heterocycles. The van der Waals surface area contributed by atoms with Gasteiger partial charge in [-0.05, 0) is 75.4 Å². The number of halogens is 5. The topological polar surface area (TPSA) is 142 Å². The van der Waals surface area contributed by atoms with E-state index in [-0.39, 0.29) is 71.7 Å². The number of carbonyl (C=O) groups excluding carboxylic acids is 1. The van der Waals surface area contributed by atoms with Crippen molar-refractivity contribution < 1.29 is 22.7 Å². The normalized spacial score (nSPS) is 24.8. The third-order valence-corrected chi connectivity index (χ3v) is 14.0. The van der Waals surface area contributed by atoms with Gasteiger partial charge in [-0.3, -0.25) is 4.90 Å². The zero-order valence-electron chi connectivity index (χ0n) is 29.9. The van der Waals surface area contributed by atoms with Crippen molar-refractivity contribution in [1.29, 1.82) is 5.26 Å². The molecule has 3 atom stereocenters. The second-order valence-corrected chi connectivity index (χ2v) is 17.4. The van der Waals surface area contributed by atoms with Crippen LogP contribution < -0.4 is 15.4 Å². The Hall–Kier alpha value is -4.43. The van der Waals surface area contributed by atoms with Gasteiger partial charge < -0.3 is 20.3 Å². The molecule has 55 heavy (non-hydrogen) atoms. The standard InChI is InChI=1S/C37H35Cl2F3N10O2S/c1-35(2)36(16-51(35)34(53)52-18-45-32(39)48-52)7-3-9-49(15-36)31-21-11-23(38)26(20-5-6-24(41)29-25(20)22(13-43)30(44)55-29)27(42)28(21)46-33(47-31)54-17-37-8-4-10-50(37)14-19(40)12-37/h5-6,11,18-19H,3-4,7-10,12,14-17,44H2,1-2H3/t19-,36?,37+/m1/s1. The van der Waals surface area contributed by atoms with Gasteiger partial charge in [-0.15, -0.1) is 16.4 Å². The summed E-state index contributed by atoms with van der Waals surface area (Å²) in [5, 5.41) is 14.5. The van der Waals surface area contributed by atoms with Crippen LogP contribution in [0.3, 0.4) is 0 Å². The van der Waals surface area contributed by atoms with Gasteiger partial charge in [0.25, 0.3) is 0 Å². The van der Waals surface area contributed by atoms with Gasteiger partial charge in [-0.1, -0.05) is 17.7 Å². The van der Waals surface area contributed by atoms with Crippen molar-refractivity contribution in [2.24, 2.45) is 5.41 Å². The first-order chi connectivity index (χ1) is 26.3. The fourth-order valence-corrected chi connectivity index (χ4v) is 10.8. The predicted octanol–water partition coefficient (Wildman–Crippen LogP) is 7.45. The van der Waals surface area contributed by atoms with Crippen molar-refractivity contribution >= 4 is 72.4 Å². The molecule has 0 aliphatic carbocycles. The lowest BCUT2D eigenvalue weighted by Gasteiger charge is -2.66. The summed E-state index contributed by atoms with van der Waals surface area (Å²) < 4.78 is 54.6. The van der Waals surface area contributed by atoms with Crippen LogP contribution in [0.15, 0.2) is 24.5 Å². The minimum Gasteiger partial charge on any atom is -0.461 e. The second kappa shape index (κ2) is 12.8. The smallest absolute Gasteiger partial charge is 0.346 e. The lowest BCUT2D eigenvalue weighted by atomic mass is 9.59. The summed E-state index contributed by atoms with van der Waals surface area (Å²) in [6.45, 7) is 6.70. The van der Waals surface area contributed by atoms with Crippen LogP contribution in [-0.4, -0.2) is 97.1 Å². The Bertz CT molecular complexity index is 2470. The number of amides is 1. The van der Waals surface area contributed by atoms with Crippen molar-refractivity contribution in [1.82, 2.24) is 34.5 Å². The number of likely N-dealkylation sites (tertiary alicyclic amines) is 1. The minimum absolute atomic E-state index is 0.00415. The van der Waals surface area contributed by atoms with Gasteiger partial charge in [0.05, 0.1) is 20.8 Å². The molecule has 7 heterocycles. The number of hydrogen-bond donors (Lipinski definition) is 1. The van der Waals surface area contributed by atoms with Crippen LogP contribution in [0.1, 0.15) is 51.5 Å². The largest absolute Gasteiger partial charge is 0.461 e. The van der Waals surface area contributed by atoms with E-state index in [0.717, 1.165) is 48.2 Å². The highest BCUT2D eigenvalue weighted by Gasteiger charge is 2.62. The summed E-state index contributed by atoms with van der Waals surface area (Å²) in [5.41, 5.74) is 4.68. The fourth-order valence-electron chi connectivity index (χ4n) is 9.46. The van der Waals surface area contributed by atoms with Crippen LogP contribution in [0.25, 0.3) is 32.1 Å². The predicted molar refractivity (Wildman–Crippen MR) is 203 cm³/mol. The van der Waals surface area contributed by atoms with Crippen molar-refractivity contribution in [3.8, 4) is 23.2 Å². The number of benzene rings is 2. The van der Waals surface area contributed by atoms with E-state index in [1.165, 1.54) is 18.5 Å². The Labute approximate surface area is 327 Å². The summed E-state index contributed by atoms with van der Waals surface area (Å²) in [6, 6.07) is 5.78. The highest BCUT2D eigenvalue weighted by atomic mass is 35.5. The van der Waals surface area contributed by atoms with Crippen molar-refractivity contribution in [2.75, 3.05) is 50.0 Å². The molecule has 2 N–H and O–H groups in total. The molecule has 4 aliphatic heterocycles. The average molecular weight is 812 g/mol. The summed E-state index contributed by atoms with van der Waals surface area (Å²) in [7, 11) is 0. The Balaban J connectivity index is 1.15. The van der Waals surface area contributed by atoms with Crippen molar-refractivity contribution in [2.45, 2.75) is 63.2 Å². The first kappa shape index (κ1) is 36.2. The number of nitrogens with zero attached hydrogens (tertiary/aromatic N) is 9. The summed E-state index contributed by atoms with van der Waals surface area (Å²) >= 11 is 13.8. The highest BCUT2D eigenvalue weighted by molar-refractivity contribution is 7.23. The average Bonchev–Trinajstić information content (AvgIpc) is 3.92. The maximum atomic E-state index is 17.3. The molecule has 4 aliphatic rings. The number of nitrogen functional groups attached to an aromatic ring is 1. The number of aromatic nitrogens is 5. The minimum atomic E-state index is -0.973. The number of alkyl halides is 1. The number of nitriles is 1. The third-order valence-electron chi connectivity index (χ3n) is 12.5. The molecule has 1 spiro atoms. The Morgan fingerprint density at radius 2 is 1.96 bits per heavy atom. The lowest BCUT2D eigenvalue weighted by molar-refractivity contribution is -0.112. The van der Waals surface area contributed by atoms with Crippen molar-refractivity contribution in [3.63, 3.8) is 0 Å². The van der Waals surface area contributed by atoms with Crippen molar-refractivity contribution in [3.05, 3.63) is 52.0 Å². The van der Waals surface area contributed by atoms with E-state index in [2.05, 4.69) is 24.9 Å². The molecule has 1 amide bonds. The zero-order chi connectivity index (χ0) is 38.6. The molecule has 0 radical (unpaired) electrons. The van der Waals surface area contributed by atoms with Gasteiger partial charge in [-0.25, -0.2) is 22.9 Å². The summed E-state index contributed by atoms with van der Waals surface area (Å²) in [5.74, 6) is -1.00. The Morgan fingerprint density at radius 3 is 2.71 bits per heavy atom. The maximum Gasteiger partial charge on any atom is 0.346 e. The van der Waals surface area contributed by atoms with Crippen LogP contribution in [-0.2, 0) is 0 Å². The number of carbonyl (C=O) groups is 1. The summed E-state index contributed by atoms with van der Waals surface area (Å²) in [6.07, 6.45) is 3.87. The number of nitrogens with two attached hydrogens (primary N) is 1. The van der Waals surface area contributed by atoms with Gasteiger partial charge in [-0.2, -0.15) is 19.9 Å². The van der Waals surface area contributed by atoms with E-state index in [1.54, 1.807) is 11.0 Å². The number of fused-ring (bicyclic) bond motifs is 3. The van der Waals surface area contributed by atoms with Crippen LogP contribution in [0.2, 0.25) is 10.3 Å². The number of ether oxygens (including phenoxy) is 1. The molecule has 286 valence electrons. The van der Waals surface area contributed by atoms with E-state index in [9.17, 15) is 14.4 Å². The lowest BCUT2D eigenvalue weighted by Crippen LogP contribution is -2.77. The molecule has 0 saturated carbocycles. The second-order valence-electron chi connectivity index (χ2n) is 15.6. The first-order valence-corrected chi connectivity index (χ1v) is 19.6. The van der Waals surface area contributed by atoms with E-state index < -0.39 is 28.9 Å². The molecule has 9 rings (SSSR count). The Kier molecular flexibility index (Phi) is 8.43. The molecule has 0 bridgehead atoms.